The van der Waals surface area contributed by atoms with Gasteiger partial charge < -0.3 is 19.2 Å². The van der Waals surface area contributed by atoms with Gasteiger partial charge in [0.1, 0.15) is 17.5 Å². The summed E-state index contributed by atoms with van der Waals surface area (Å²) < 4.78 is 61.0. The van der Waals surface area contributed by atoms with E-state index >= 15 is 0 Å². The first kappa shape index (κ1) is 30.8. The fourth-order valence-corrected chi connectivity index (χ4v) is 5.33. The highest BCUT2D eigenvalue weighted by molar-refractivity contribution is 6.05. The second-order valence-corrected chi connectivity index (χ2v) is 11.9. The average molecular weight is 634 g/mol. The Kier molecular flexibility index (Phi) is 7.78. The van der Waals surface area contributed by atoms with Crippen LogP contribution in [0.25, 0.3) is 16.9 Å². The predicted octanol–water partition coefficient (Wildman–Crippen LogP) is 7.40. The van der Waals surface area contributed by atoms with E-state index in [1.165, 1.54) is 16.9 Å². The van der Waals surface area contributed by atoms with Crippen LogP contribution < -0.4 is 10.1 Å². The molecule has 0 radical (unpaired) electrons. The maximum absolute atomic E-state index is 14.2. The zero-order chi connectivity index (χ0) is 32.8. The lowest BCUT2D eigenvalue weighted by Gasteiger charge is -2.26. The Labute approximate surface area is 261 Å². The van der Waals surface area contributed by atoms with Crippen LogP contribution in [0.4, 0.5) is 18.9 Å². The molecule has 0 spiro atoms. The van der Waals surface area contributed by atoms with Crippen LogP contribution in [-0.2, 0) is 17.3 Å². The normalized spacial score (nSPS) is 15.0. The van der Waals surface area contributed by atoms with Gasteiger partial charge in [0.2, 0.25) is 0 Å². The van der Waals surface area contributed by atoms with Crippen molar-refractivity contribution in [2.75, 3.05) is 5.32 Å². The summed E-state index contributed by atoms with van der Waals surface area (Å²) >= 11 is 0. The second-order valence-electron chi connectivity index (χ2n) is 11.9. The van der Waals surface area contributed by atoms with Crippen molar-refractivity contribution in [3.8, 4) is 11.4 Å². The van der Waals surface area contributed by atoms with Crippen LogP contribution in [0.3, 0.4) is 0 Å². The molecular formula is C33H30F3N5O5. The third-order valence-electron chi connectivity index (χ3n) is 7.22. The monoisotopic (exact) mass is 633 g/mol. The number of esters is 1. The first-order valence-corrected chi connectivity index (χ1v) is 14.6. The van der Waals surface area contributed by atoms with Crippen LogP contribution in [-0.4, -0.2) is 37.2 Å². The molecule has 13 heteroatoms. The molecule has 46 heavy (non-hydrogen) atoms. The summed E-state index contributed by atoms with van der Waals surface area (Å²) in [6.07, 6.45) is -2.99. The fourth-order valence-electron chi connectivity index (χ4n) is 5.33. The number of aryl methyl sites for hydroxylation is 1. The van der Waals surface area contributed by atoms with E-state index in [0.29, 0.717) is 47.0 Å². The molecule has 0 saturated carbocycles. The molecule has 1 aliphatic rings. The van der Waals surface area contributed by atoms with Crippen LogP contribution in [0.1, 0.15) is 83.3 Å². The molecule has 238 valence electrons. The van der Waals surface area contributed by atoms with Gasteiger partial charge in [0.05, 0.1) is 28.8 Å². The fraction of sp³-hybridized carbons (Fsp3) is 0.303. The van der Waals surface area contributed by atoms with Crippen LogP contribution >= 0.6 is 0 Å². The molecule has 10 nitrogen and oxygen atoms in total. The van der Waals surface area contributed by atoms with Crippen molar-refractivity contribution < 1.29 is 36.7 Å². The van der Waals surface area contributed by atoms with Gasteiger partial charge in [0.25, 0.3) is 5.91 Å². The minimum Gasteiger partial charge on any atom is -0.484 e. The van der Waals surface area contributed by atoms with Crippen molar-refractivity contribution in [3.05, 3.63) is 94.8 Å². The van der Waals surface area contributed by atoms with Gasteiger partial charge >= 0.3 is 12.1 Å². The molecule has 1 aliphatic carbocycles. The van der Waals surface area contributed by atoms with Crippen molar-refractivity contribution in [1.29, 1.82) is 0 Å². The topological polar surface area (TPSA) is 121 Å². The zero-order valence-electron chi connectivity index (χ0n) is 25.4. The molecule has 1 atom stereocenters. The average Bonchev–Trinajstić information content (AvgIpc) is 3.57. The summed E-state index contributed by atoms with van der Waals surface area (Å²) in [5.74, 6) is -0.207. The molecule has 1 N–H and O–H groups in total. The number of ether oxygens (including phenoxy) is 2. The van der Waals surface area contributed by atoms with E-state index in [-0.39, 0.29) is 28.9 Å². The van der Waals surface area contributed by atoms with Gasteiger partial charge in [-0.05, 0) is 82.5 Å². The van der Waals surface area contributed by atoms with Crippen LogP contribution in [0.15, 0.2) is 65.2 Å². The number of anilines is 1. The maximum Gasteiger partial charge on any atom is 0.435 e. The maximum atomic E-state index is 14.2. The van der Waals surface area contributed by atoms with Gasteiger partial charge in [-0.1, -0.05) is 6.07 Å². The highest BCUT2D eigenvalue weighted by atomic mass is 19.4. The minimum atomic E-state index is -4.70. The molecule has 6 rings (SSSR count). The molecule has 3 heterocycles. The Balaban J connectivity index is 1.30. The Morgan fingerprint density at radius 1 is 1.04 bits per heavy atom. The van der Waals surface area contributed by atoms with Gasteiger partial charge in [-0.3, -0.25) is 4.79 Å². The molecular weight excluding hydrogens is 603 g/mol. The summed E-state index contributed by atoms with van der Waals surface area (Å²) in [7, 11) is 0. The van der Waals surface area contributed by atoms with E-state index in [0.717, 1.165) is 0 Å². The summed E-state index contributed by atoms with van der Waals surface area (Å²) in [6, 6.07) is 14.0. The van der Waals surface area contributed by atoms with Crippen LogP contribution in [0, 0.1) is 6.92 Å². The highest BCUT2D eigenvalue weighted by Gasteiger charge is 2.42. The number of nitrogens with one attached hydrogen (secondary N) is 1. The molecule has 1 amide bonds. The van der Waals surface area contributed by atoms with Crippen molar-refractivity contribution in [2.24, 2.45) is 0 Å². The lowest BCUT2D eigenvalue weighted by atomic mass is 9.92. The summed E-state index contributed by atoms with van der Waals surface area (Å²) in [6.45, 7) is 6.98. The number of benzene rings is 2. The summed E-state index contributed by atoms with van der Waals surface area (Å²) in [5.41, 5.74) is 0.568. The Bertz CT molecular complexity index is 1940. The summed E-state index contributed by atoms with van der Waals surface area (Å²) in [4.78, 5) is 33.9. The van der Waals surface area contributed by atoms with E-state index in [4.69, 9.17) is 13.9 Å². The SMILES string of the molecule is Cc1nc2ncc(NC(=O)c3cccc(-n4nc(C(F)(F)F)c5c4C(Oc4ccc(C(=O)OC(C)(C)C)cc4)CCC5)c3)cc2o1. The number of hydrogen-bond acceptors (Lipinski definition) is 8. The van der Waals surface area contributed by atoms with E-state index in [1.54, 1.807) is 76.2 Å². The molecule has 3 aromatic heterocycles. The Morgan fingerprint density at radius 3 is 2.52 bits per heavy atom. The van der Waals surface area contributed by atoms with Gasteiger partial charge in [0.15, 0.2) is 22.8 Å². The smallest absolute Gasteiger partial charge is 0.435 e. The van der Waals surface area contributed by atoms with Crippen molar-refractivity contribution >= 4 is 28.8 Å². The molecule has 0 saturated heterocycles. The van der Waals surface area contributed by atoms with E-state index < -0.39 is 35.5 Å². The molecule has 0 bridgehead atoms. The predicted molar refractivity (Wildman–Crippen MR) is 161 cm³/mol. The number of nitrogens with zero attached hydrogens (tertiary/aromatic N) is 4. The van der Waals surface area contributed by atoms with Crippen LogP contribution in [0.5, 0.6) is 5.75 Å². The number of alkyl halides is 3. The van der Waals surface area contributed by atoms with E-state index in [1.807, 2.05) is 0 Å². The first-order valence-electron chi connectivity index (χ1n) is 14.6. The second kappa shape index (κ2) is 11.6. The van der Waals surface area contributed by atoms with Gasteiger partial charge in [-0.15, -0.1) is 0 Å². The molecule has 0 fully saturated rings. The highest BCUT2D eigenvalue weighted by Crippen LogP contribution is 2.42. The summed E-state index contributed by atoms with van der Waals surface area (Å²) in [5, 5.41) is 6.75. The number of hydrogen-bond donors (Lipinski definition) is 1. The number of carbonyl (C=O) groups excluding carboxylic acids is 2. The van der Waals surface area contributed by atoms with Gasteiger partial charge in [0, 0.05) is 24.1 Å². The lowest BCUT2D eigenvalue weighted by molar-refractivity contribution is -0.142. The quantitative estimate of drug-likeness (QED) is 0.192. The third-order valence-corrected chi connectivity index (χ3v) is 7.22. The first-order chi connectivity index (χ1) is 21.7. The number of halogens is 3. The number of pyridine rings is 1. The van der Waals surface area contributed by atoms with Crippen LogP contribution in [0.2, 0.25) is 0 Å². The third kappa shape index (κ3) is 6.44. The van der Waals surface area contributed by atoms with Gasteiger partial charge in [-0.2, -0.15) is 23.3 Å². The Hall–Kier alpha value is -5.20. The van der Waals surface area contributed by atoms with Gasteiger partial charge in [-0.25, -0.2) is 14.5 Å². The molecule has 0 aliphatic heterocycles. The molecule has 1 unspecified atom stereocenters. The molecule has 5 aromatic rings. The number of carbonyl (C=O) groups is 2. The number of amides is 1. The van der Waals surface area contributed by atoms with E-state index in [2.05, 4.69) is 20.4 Å². The molecule has 2 aromatic carbocycles. The number of rotatable bonds is 6. The van der Waals surface area contributed by atoms with E-state index in [9.17, 15) is 22.8 Å². The number of oxazole rings is 1. The zero-order valence-corrected chi connectivity index (χ0v) is 25.4. The minimum absolute atomic E-state index is 0.0470. The van der Waals surface area contributed by atoms with Crippen molar-refractivity contribution in [1.82, 2.24) is 19.7 Å². The number of aromatic nitrogens is 4. The Morgan fingerprint density at radius 2 is 1.80 bits per heavy atom. The standard InChI is InChI=1S/C33H30F3N5O5/c1-18-38-29-26(44-18)16-21(17-37-29)39-30(42)20-7-5-8-22(15-20)41-27-24(28(40-41)33(34,35)36)9-6-10-25(27)45-23-13-11-19(12-14-23)31(43)46-32(2,3)4/h5,7-8,11-17,25H,6,9-10H2,1-4H3,(H,39,42). The number of fused-ring (bicyclic) bond motifs is 2. The van der Waals surface area contributed by atoms with Crippen molar-refractivity contribution in [2.45, 2.75) is 64.8 Å². The lowest BCUT2D eigenvalue weighted by Crippen LogP contribution is -2.23. The largest absolute Gasteiger partial charge is 0.484 e. The van der Waals surface area contributed by atoms with Crippen molar-refractivity contribution in [3.63, 3.8) is 0 Å².